The highest BCUT2D eigenvalue weighted by Crippen LogP contribution is 2.39. The van der Waals surface area contributed by atoms with Crippen LogP contribution < -0.4 is 18.9 Å². The Bertz CT molecular complexity index is 917. The molecule has 0 N–H and O–H groups in total. The smallest absolute Gasteiger partial charge is 0.231 e. The lowest BCUT2D eigenvalue weighted by Gasteiger charge is -2.24. The predicted molar refractivity (Wildman–Crippen MR) is 114 cm³/mol. The van der Waals surface area contributed by atoms with E-state index in [1.165, 1.54) is 11.1 Å². The lowest BCUT2D eigenvalue weighted by Crippen LogP contribution is -2.29. The van der Waals surface area contributed by atoms with Gasteiger partial charge in [-0.05, 0) is 68.2 Å². The molecule has 7 nitrogen and oxygen atoms in total. The van der Waals surface area contributed by atoms with Crippen molar-refractivity contribution in [3.63, 3.8) is 0 Å². The zero-order valence-electron chi connectivity index (χ0n) is 18.0. The maximum absolute atomic E-state index is 6.17. The Morgan fingerprint density at radius 2 is 1.45 bits per heavy atom. The van der Waals surface area contributed by atoms with Gasteiger partial charge in [-0.25, -0.2) is 0 Å². The summed E-state index contributed by atoms with van der Waals surface area (Å²) in [5.74, 6) is 3.84. The molecule has 3 atom stereocenters. The summed E-state index contributed by atoms with van der Waals surface area (Å²) in [5.41, 5.74) is 2.43. The number of hydrogen-bond acceptors (Lipinski definition) is 7. The second kappa shape index (κ2) is 8.94. The molecule has 1 saturated heterocycles. The van der Waals surface area contributed by atoms with Crippen LogP contribution in [0, 0.1) is 11.8 Å². The summed E-state index contributed by atoms with van der Waals surface area (Å²) in [6.45, 7) is 2.76. The van der Waals surface area contributed by atoms with Crippen LogP contribution in [0.2, 0.25) is 0 Å². The van der Waals surface area contributed by atoms with Crippen molar-refractivity contribution in [2.45, 2.75) is 19.1 Å². The molecule has 2 aromatic carbocycles. The van der Waals surface area contributed by atoms with Crippen LogP contribution in [0.5, 0.6) is 23.0 Å². The Morgan fingerprint density at radius 1 is 0.839 bits per heavy atom. The van der Waals surface area contributed by atoms with Gasteiger partial charge in [0, 0.05) is 12.5 Å². The van der Waals surface area contributed by atoms with Crippen LogP contribution in [0.1, 0.15) is 11.1 Å². The molecule has 166 valence electrons. The molecule has 3 aliphatic heterocycles. The van der Waals surface area contributed by atoms with Crippen molar-refractivity contribution in [2.75, 3.05) is 47.4 Å². The summed E-state index contributed by atoms with van der Waals surface area (Å²) in [6, 6.07) is 12.4. The third-order valence-electron chi connectivity index (χ3n) is 6.09. The van der Waals surface area contributed by atoms with Gasteiger partial charge in [0.15, 0.2) is 29.3 Å². The molecule has 31 heavy (non-hydrogen) atoms. The van der Waals surface area contributed by atoms with Crippen LogP contribution in [-0.2, 0) is 22.3 Å². The van der Waals surface area contributed by atoms with Crippen LogP contribution in [0.25, 0.3) is 0 Å². The minimum absolute atomic E-state index is 0.218. The van der Waals surface area contributed by atoms with Gasteiger partial charge in [0.25, 0.3) is 0 Å². The zero-order valence-corrected chi connectivity index (χ0v) is 18.0. The Morgan fingerprint density at radius 3 is 2.10 bits per heavy atom. The van der Waals surface area contributed by atoms with E-state index >= 15 is 0 Å². The van der Waals surface area contributed by atoms with E-state index in [0.29, 0.717) is 25.9 Å². The first-order valence-electron chi connectivity index (χ1n) is 10.8. The third-order valence-corrected chi connectivity index (χ3v) is 6.09. The van der Waals surface area contributed by atoms with Gasteiger partial charge in [0.1, 0.15) is 0 Å². The normalized spacial score (nSPS) is 23.6. The summed E-state index contributed by atoms with van der Waals surface area (Å²) >= 11 is 0. The van der Waals surface area contributed by atoms with E-state index < -0.39 is 0 Å². The topological polar surface area (TPSA) is 58.6 Å². The van der Waals surface area contributed by atoms with E-state index in [4.69, 9.17) is 28.4 Å². The van der Waals surface area contributed by atoms with E-state index in [9.17, 15) is 0 Å². The maximum atomic E-state index is 6.17. The average Bonchev–Trinajstić information content (AvgIpc) is 3.48. The molecule has 3 aliphatic rings. The maximum Gasteiger partial charge on any atom is 0.231 e. The monoisotopic (exact) mass is 427 g/mol. The molecule has 2 aromatic rings. The number of ether oxygens (including phenoxy) is 6. The first-order chi connectivity index (χ1) is 15.2. The first kappa shape index (κ1) is 20.4. The lowest BCUT2D eigenvalue weighted by atomic mass is 9.84. The van der Waals surface area contributed by atoms with Crippen molar-refractivity contribution < 1.29 is 28.4 Å². The van der Waals surface area contributed by atoms with E-state index in [2.05, 4.69) is 29.2 Å². The number of hydrogen-bond donors (Lipinski definition) is 0. The van der Waals surface area contributed by atoms with Crippen molar-refractivity contribution in [1.82, 2.24) is 4.90 Å². The third kappa shape index (κ3) is 4.59. The molecule has 1 fully saturated rings. The SMILES string of the molecule is CN(C)CCOC1OC[C@H](Cc2ccc3c(c2)OCO3)[C@H]1Cc1ccc2c(c1)OCO2. The molecule has 0 radical (unpaired) electrons. The molecular weight excluding hydrogens is 398 g/mol. The van der Waals surface area contributed by atoms with Crippen molar-refractivity contribution in [2.24, 2.45) is 11.8 Å². The Balaban J connectivity index is 1.32. The molecular formula is C24H29NO6. The van der Waals surface area contributed by atoms with Crippen LogP contribution in [0.3, 0.4) is 0 Å². The minimum atomic E-state index is -0.218. The fourth-order valence-corrected chi connectivity index (χ4v) is 4.39. The van der Waals surface area contributed by atoms with E-state index in [0.717, 1.165) is 42.4 Å². The standard InChI is InChI=1S/C24H29NO6/c1-25(2)7-8-26-24-19(10-17-4-6-21-23(12-17)31-15-29-21)18(13-27-24)9-16-3-5-20-22(11-16)30-14-28-20/h3-6,11-12,18-19,24H,7-10,13-15H2,1-2H3/t18-,19+,24?/m0/s1. The van der Waals surface area contributed by atoms with Crippen molar-refractivity contribution in [3.8, 4) is 23.0 Å². The van der Waals surface area contributed by atoms with E-state index in [1.54, 1.807) is 0 Å². The second-order valence-corrected chi connectivity index (χ2v) is 8.58. The van der Waals surface area contributed by atoms with Gasteiger partial charge in [-0.3, -0.25) is 0 Å². The van der Waals surface area contributed by atoms with E-state index in [-0.39, 0.29) is 19.0 Å². The number of rotatable bonds is 8. The van der Waals surface area contributed by atoms with Crippen LogP contribution in [-0.4, -0.2) is 58.6 Å². The zero-order chi connectivity index (χ0) is 21.2. The minimum Gasteiger partial charge on any atom is -0.454 e. The van der Waals surface area contributed by atoms with Crippen molar-refractivity contribution >= 4 is 0 Å². The van der Waals surface area contributed by atoms with Crippen LogP contribution >= 0.6 is 0 Å². The number of likely N-dealkylation sites (N-methyl/N-ethyl adjacent to an activating group) is 1. The highest BCUT2D eigenvalue weighted by Gasteiger charge is 2.38. The number of nitrogens with zero attached hydrogens (tertiary/aromatic N) is 1. The molecule has 0 aromatic heterocycles. The van der Waals surface area contributed by atoms with E-state index in [1.807, 2.05) is 26.2 Å². The quantitative estimate of drug-likeness (QED) is 0.642. The second-order valence-electron chi connectivity index (χ2n) is 8.58. The van der Waals surface area contributed by atoms with Crippen molar-refractivity contribution in [3.05, 3.63) is 47.5 Å². The predicted octanol–water partition coefficient (Wildman–Crippen LogP) is 3.10. The number of fused-ring (bicyclic) bond motifs is 2. The largest absolute Gasteiger partial charge is 0.454 e. The summed E-state index contributed by atoms with van der Waals surface area (Å²) < 4.78 is 34.3. The average molecular weight is 427 g/mol. The molecule has 7 heteroatoms. The molecule has 0 amide bonds. The summed E-state index contributed by atoms with van der Waals surface area (Å²) in [4.78, 5) is 2.12. The van der Waals surface area contributed by atoms with Gasteiger partial charge in [0.2, 0.25) is 13.6 Å². The fraction of sp³-hybridized carbons (Fsp3) is 0.500. The van der Waals surface area contributed by atoms with Crippen LogP contribution in [0.15, 0.2) is 36.4 Å². The highest BCUT2D eigenvalue weighted by atomic mass is 16.7. The van der Waals surface area contributed by atoms with Crippen LogP contribution in [0.4, 0.5) is 0 Å². The summed E-state index contributed by atoms with van der Waals surface area (Å²) in [5, 5.41) is 0. The summed E-state index contributed by atoms with van der Waals surface area (Å²) in [6.07, 6.45) is 1.54. The molecule has 0 bridgehead atoms. The van der Waals surface area contributed by atoms with Crippen molar-refractivity contribution in [1.29, 1.82) is 0 Å². The molecule has 0 aliphatic carbocycles. The van der Waals surface area contributed by atoms with Gasteiger partial charge in [-0.15, -0.1) is 0 Å². The molecule has 3 heterocycles. The highest BCUT2D eigenvalue weighted by molar-refractivity contribution is 5.45. The summed E-state index contributed by atoms with van der Waals surface area (Å²) in [7, 11) is 4.09. The lowest BCUT2D eigenvalue weighted by molar-refractivity contribution is -0.132. The molecule has 0 spiro atoms. The fourth-order valence-electron chi connectivity index (χ4n) is 4.39. The van der Waals surface area contributed by atoms with Gasteiger partial charge < -0.3 is 33.3 Å². The van der Waals surface area contributed by atoms with Gasteiger partial charge in [-0.1, -0.05) is 12.1 Å². The van der Waals surface area contributed by atoms with Gasteiger partial charge in [0.05, 0.1) is 13.2 Å². The van der Waals surface area contributed by atoms with Gasteiger partial charge in [-0.2, -0.15) is 0 Å². The van der Waals surface area contributed by atoms with Gasteiger partial charge >= 0.3 is 0 Å². The molecule has 0 saturated carbocycles. The molecule has 5 rings (SSSR count). The number of benzene rings is 2. The Kier molecular flexibility index (Phi) is 5.89. The molecule has 1 unspecified atom stereocenters. The Hall–Kier alpha value is -2.48. The first-order valence-corrected chi connectivity index (χ1v) is 10.8. The Labute approximate surface area is 182 Å².